The molecule has 1 aromatic carbocycles. The molecular weight excluding hydrogens is 905 g/mol. The Bertz CT molecular complexity index is 2570. The molecule has 5 aromatic rings. The summed E-state index contributed by atoms with van der Waals surface area (Å²) in [5.74, 6) is 5.77. The number of amides is 4. The number of nitrogens with zero attached hydrogens (tertiary/aromatic N) is 7. The summed E-state index contributed by atoms with van der Waals surface area (Å²) < 4.78 is 12.9. The number of thiazole rings is 1. The third-order valence-corrected chi connectivity index (χ3v) is 12.4. The molecule has 21 heteroatoms. The van der Waals surface area contributed by atoms with E-state index in [-0.39, 0.29) is 61.7 Å². The van der Waals surface area contributed by atoms with Crippen molar-refractivity contribution < 1.29 is 38.8 Å². The number of hydrogen-bond donors (Lipinski definition) is 7. The van der Waals surface area contributed by atoms with E-state index < -0.39 is 23.7 Å². The number of fused-ring (bicyclic) bond motifs is 1. The van der Waals surface area contributed by atoms with Gasteiger partial charge in [0.05, 0.1) is 41.5 Å². The van der Waals surface area contributed by atoms with Gasteiger partial charge in [-0.05, 0) is 93.8 Å². The molecular formula is C48H64N12O8S. The van der Waals surface area contributed by atoms with Crippen LogP contribution in [0.3, 0.4) is 0 Å². The highest BCUT2D eigenvalue weighted by molar-refractivity contribution is 7.13. The lowest BCUT2D eigenvalue weighted by atomic mass is 10.1. The molecule has 0 unspecified atom stereocenters. The second-order valence-electron chi connectivity index (χ2n) is 17.5. The molecule has 370 valence electrons. The van der Waals surface area contributed by atoms with Crippen LogP contribution < -0.4 is 31.7 Å². The molecule has 1 fully saturated rings. The Labute approximate surface area is 405 Å². The van der Waals surface area contributed by atoms with E-state index in [9.17, 15) is 29.4 Å². The van der Waals surface area contributed by atoms with Gasteiger partial charge >= 0.3 is 0 Å². The number of anilines is 1. The molecule has 0 aliphatic carbocycles. The molecule has 4 aromatic heterocycles. The second kappa shape index (κ2) is 25.2. The molecule has 4 amide bonds. The van der Waals surface area contributed by atoms with Gasteiger partial charge in [0, 0.05) is 45.4 Å². The number of β-amino-alcohol motifs (C(OH)–C–C–N with tert-alkyl or cyclic N) is 1. The maximum absolute atomic E-state index is 13.1. The predicted octanol–water partition coefficient (Wildman–Crippen LogP) is 3.63. The Balaban J connectivity index is 0.783. The van der Waals surface area contributed by atoms with Crippen molar-refractivity contribution in [1.29, 1.82) is 0 Å². The number of carbonyl (C=O) groups is 4. The third kappa shape index (κ3) is 15.0. The van der Waals surface area contributed by atoms with Crippen LogP contribution in [0.5, 0.6) is 5.75 Å². The Hall–Kier alpha value is -6.47. The van der Waals surface area contributed by atoms with Gasteiger partial charge in [0.15, 0.2) is 23.1 Å². The van der Waals surface area contributed by atoms with Crippen LogP contribution in [0.4, 0.5) is 5.82 Å². The lowest BCUT2D eigenvalue weighted by molar-refractivity contribution is -0.138. The monoisotopic (exact) mass is 968 g/mol. The van der Waals surface area contributed by atoms with Crippen LogP contribution in [0.15, 0.2) is 40.6 Å². The topological polar surface area (TPSA) is 278 Å². The Morgan fingerprint density at radius 3 is 2.42 bits per heavy atom. The van der Waals surface area contributed by atoms with Gasteiger partial charge in [-0.15, -0.1) is 11.3 Å². The quantitative estimate of drug-likeness (QED) is 0.0325. The summed E-state index contributed by atoms with van der Waals surface area (Å²) in [4.78, 5) is 67.0. The Morgan fingerprint density at radius 2 is 1.70 bits per heavy atom. The van der Waals surface area contributed by atoms with Gasteiger partial charge < -0.3 is 51.4 Å². The van der Waals surface area contributed by atoms with Crippen LogP contribution in [0.2, 0.25) is 0 Å². The van der Waals surface area contributed by atoms with Crippen LogP contribution >= 0.6 is 11.3 Å². The third-order valence-electron chi connectivity index (χ3n) is 11.4. The first kappa shape index (κ1) is 51.9. The minimum atomic E-state index is -1.23. The molecule has 1 aliphatic heterocycles. The van der Waals surface area contributed by atoms with Gasteiger partial charge in [-0.25, -0.2) is 19.6 Å². The average molecular weight is 969 g/mol. The number of hydrogen-bond acceptors (Lipinski definition) is 16. The minimum absolute atomic E-state index is 0.00756. The molecule has 0 saturated carbocycles. The molecule has 5 heterocycles. The van der Waals surface area contributed by atoms with Crippen LogP contribution in [0, 0.1) is 18.8 Å². The molecule has 20 nitrogen and oxygen atoms in total. The zero-order valence-corrected chi connectivity index (χ0v) is 40.6. The second-order valence-corrected chi connectivity index (χ2v) is 18.3. The maximum atomic E-state index is 13.1. The SMILES string of the molecule is CCn1c(-c2nonc2N)nc2c(C#CC(C)(C)O)ncc(OCCCNCCCC(=O)NCCCCCCCC(=O)NCC(=O)N3C[C@H](O)C[C@H]3C(=O)NCc3ccc(-c4scnc4C)cc3)c21. The molecule has 0 radical (unpaired) electrons. The van der Waals surface area contributed by atoms with Crippen molar-refractivity contribution in [3.05, 3.63) is 52.9 Å². The number of nitrogen functional groups attached to an aromatic ring is 1. The first-order chi connectivity index (χ1) is 33.2. The molecule has 0 bridgehead atoms. The first-order valence-corrected chi connectivity index (χ1v) is 24.4. The number of benzene rings is 1. The van der Waals surface area contributed by atoms with E-state index in [0.717, 1.165) is 47.4 Å². The lowest BCUT2D eigenvalue weighted by Crippen LogP contribution is -2.48. The number of aromatic nitrogens is 6. The van der Waals surface area contributed by atoms with E-state index in [1.165, 1.54) is 4.90 Å². The number of rotatable bonds is 25. The number of aryl methyl sites for hydroxylation is 2. The average Bonchev–Trinajstić information content (AvgIpc) is 4.14. The van der Waals surface area contributed by atoms with E-state index in [2.05, 4.69) is 53.4 Å². The molecule has 6 rings (SSSR count). The van der Waals surface area contributed by atoms with Gasteiger partial charge in [0.2, 0.25) is 23.6 Å². The number of pyridine rings is 1. The molecule has 1 aliphatic rings. The minimum Gasteiger partial charge on any atom is -0.490 e. The summed E-state index contributed by atoms with van der Waals surface area (Å²) >= 11 is 1.57. The number of aliphatic hydroxyl groups is 2. The van der Waals surface area contributed by atoms with Crippen molar-refractivity contribution in [2.24, 2.45) is 0 Å². The summed E-state index contributed by atoms with van der Waals surface area (Å²) in [5.41, 5.74) is 11.3. The summed E-state index contributed by atoms with van der Waals surface area (Å²) in [6.45, 7) is 10.0. The number of nitrogens with two attached hydrogens (primary N) is 1. The zero-order valence-electron chi connectivity index (χ0n) is 39.8. The number of imidazole rings is 1. The molecule has 2 atom stereocenters. The smallest absolute Gasteiger partial charge is 0.243 e. The fraction of sp³-hybridized carbons (Fsp3) is 0.521. The van der Waals surface area contributed by atoms with Gasteiger partial charge in [0.1, 0.15) is 28.4 Å². The van der Waals surface area contributed by atoms with E-state index in [1.807, 2.05) is 48.2 Å². The predicted molar refractivity (Wildman–Crippen MR) is 260 cm³/mol. The number of nitrogens with one attached hydrogen (secondary N) is 4. The summed E-state index contributed by atoms with van der Waals surface area (Å²) in [5, 5.41) is 40.0. The van der Waals surface area contributed by atoms with Gasteiger partial charge in [-0.1, -0.05) is 49.4 Å². The number of unbranched alkanes of at least 4 members (excludes halogenated alkanes) is 4. The normalized spacial score (nSPS) is 14.7. The summed E-state index contributed by atoms with van der Waals surface area (Å²) in [6, 6.07) is 7.05. The largest absolute Gasteiger partial charge is 0.490 e. The fourth-order valence-electron chi connectivity index (χ4n) is 7.86. The zero-order chi connectivity index (χ0) is 49.3. The lowest BCUT2D eigenvalue weighted by Gasteiger charge is -2.24. The number of likely N-dealkylation sites (tertiary alicyclic amines) is 1. The highest BCUT2D eigenvalue weighted by Crippen LogP contribution is 2.33. The maximum Gasteiger partial charge on any atom is 0.243 e. The Morgan fingerprint density at radius 1 is 0.957 bits per heavy atom. The van der Waals surface area contributed by atoms with Gasteiger partial charge in [0.25, 0.3) is 0 Å². The molecule has 69 heavy (non-hydrogen) atoms. The number of carbonyl (C=O) groups excluding carboxylic acids is 4. The van der Waals surface area contributed by atoms with Crippen LogP contribution in [0.25, 0.3) is 33.0 Å². The number of ether oxygens (including phenoxy) is 1. The van der Waals surface area contributed by atoms with Crippen molar-refractivity contribution >= 4 is 51.8 Å². The fourth-order valence-corrected chi connectivity index (χ4v) is 8.67. The summed E-state index contributed by atoms with van der Waals surface area (Å²) in [7, 11) is 0. The van der Waals surface area contributed by atoms with Crippen molar-refractivity contribution in [2.45, 2.75) is 123 Å². The van der Waals surface area contributed by atoms with E-state index in [0.29, 0.717) is 86.8 Å². The van der Waals surface area contributed by atoms with Crippen LogP contribution in [-0.4, -0.2) is 126 Å². The highest BCUT2D eigenvalue weighted by atomic mass is 32.1. The van der Waals surface area contributed by atoms with Gasteiger partial charge in [-0.3, -0.25) is 19.2 Å². The highest BCUT2D eigenvalue weighted by Gasteiger charge is 2.38. The van der Waals surface area contributed by atoms with Crippen molar-refractivity contribution in [3.63, 3.8) is 0 Å². The van der Waals surface area contributed by atoms with Gasteiger partial charge in [-0.2, -0.15) is 0 Å². The first-order valence-electron chi connectivity index (χ1n) is 23.6. The van der Waals surface area contributed by atoms with E-state index >= 15 is 0 Å². The van der Waals surface area contributed by atoms with Crippen LogP contribution in [-0.2, 0) is 32.3 Å². The number of aliphatic hydroxyl groups excluding tert-OH is 1. The molecule has 1 saturated heterocycles. The van der Waals surface area contributed by atoms with Crippen LogP contribution in [0.1, 0.15) is 102 Å². The van der Waals surface area contributed by atoms with E-state index in [1.54, 1.807) is 31.4 Å². The Kier molecular flexibility index (Phi) is 19.0. The van der Waals surface area contributed by atoms with E-state index in [4.69, 9.17) is 20.1 Å². The standard InChI is InChI=1S/C48H64N12O8S/c1-5-59-43-37(27-52-35(19-20-48(3,4)66)41(43)56-46(59)42-45(49)58-68-57-42)67-24-12-22-50-21-11-14-38(62)51-23-10-8-6-7-9-13-39(63)53-28-40(64)60-29-34(61)25-36(60)47(65)54-26-32-15-17-33(18-16-32)44-31(2)55-30-69-44/h15-18,27,30,34,36,50,61,66H,5-14,21-26,28-29H2,1-4H3,(H2,49,58)(H,51,62)(H,53,63)(H,54,65)/t34-,36+/m1/s1. The van der Waals surface area contributed by atoms with Crippen molar-refractivity contribution in [3.8, 4) is 39.5 Å². The molecule has 0 spiro atoms. The van der Waals surface area contributed by atoms with Crippen molar-refractivity contribution in [2.75, 3.05) is 45.1 Å². The van der Waals surface area contributed by atoms with Crippen molar-refractivity contribution in [1.82, 2.24) is 56.0 Å². The summed E-state index contributed by atoms with van der Waals surface area (Å²) in [6.07, 6.45) is 7.18. The molecule has 8 N–H and O–H groups in total.